The van der Waals surface area contributed by atoms with Gasteiger partial charge in [-0.2, -0.15) is 0 Å². The summed E-state index contributed by atoms with van der Waals surface area (Å²) >= 11 is 0. The number of hydrogen-bond acceptors (Lipinski definition) is 4. The standard InChI is InChI=1S/C22H42O4/c1-3-4-5-6-7-8-9-10-11-12-13-14-15-16-22(25)26-21(19-23)18-17-20(2)24/h21,23H,3-19H2,1-2H3/t21-/m0/s1. The number of hydrogen-bond donors (Lipinski definition) is 1. The van der Waals surface area contributed by atoms with Gasteiger partial charge in [0.15, 0.2) is 0 Å². The van der Waals surface area contributed by atoms with E-state index in [1.807, 2.05) is 0 Å². The summed E-state index contributed by atoms with van der Waals surface area (Å²) in [6, 6.07) is 0. The van der Waals surface area contributed by atoms with Crippen molar-refractivity contribution in [1.82, 2.24) is 0 Å². The molecule has 0 unspecified atom stereocenters. The summed E-state index contributed by atoms with van der Waals surface area (Å²) in [5.41, 5.74) is 0. The minimum Gasteiger partial charge on any atom is -0.460 e. The van der Waals surface area contributed by atoms with Gasteiger partial charge in [-0.15, -0.1) is 0 Å². The Morgan fingerprint density at radius 1 is 0.769 bits per heavy atom. The van der Waals surface area contributed by atoms with E-state index in [-0.39, 0.29) is 18.4 Å². The Morgan fingerprint density at radius 2 is 1.23 bits per heavy atom. The van der Waals surface area contributed by atoms with Gasteiger partial charge in [-0.05, 0) is 19.8 Å². The van der Waals surface area contributed by atoms with Crippen LogP contribution in [0.5, 0.6) is 0 Å². The molecule has 0 aliphatic rings. The minimum absolute atomic E-state index is 0.0518. The van der Waals surface area contributed by atoms with Gasteiger partial charge in [0.25, 0.3) is 0 Å². The van der Waals surface area contributed by atoms with E-state index in [2.05, 4.69) is 6.92 Å². The lowest BCUT2D eigenvalue weighted by Crippen LogP contribution is -2.22. The van der Waals surface area contributed by atoms with Crippen LogP contribution in [0, 0.1) is 0 Å². The van der Waals surface area contributed by atoms with Crippen molar-refractivity contribution in [2.75, 3.05) is 6.61 Å². The summed E-state index contributed by atoms with van der Waals surface area (Å²) < 4.78 is 5.22. The van der Waals surface area contributed by atoms with Crippen LogP contribution in [0.2, 0.25) is 0 Å². The molecule has 0 fully saturated rings. The van der Waals surface area contributed by atoms with E-state index in [0.717, 1.165) is 12.8 Å². The van der Waals surface area contributed by atoms with Crippen LogP contribution in [-0.4, -0.2) is 29.6 Å². The fourth-order valence-electron chi connectivity index (χ4n) is 3.08. The van der Waals surface area contributed by atoms with E-state index >= 15 is 0 Å². The van der Waals surface area contributed by atoms with Crippen LogP contribution in [0.15, 0.2) is 0 Å². The van der Waals surface area contributed by atoms with Gasteiger partial charge in [0.2, 0.25) is 0 Å². The molecule has 0 saturated heterocycles. The number of esters is 1. The first kappa shape index (κ1) is 25.1. The third-order valence-electron chi connectivity index (χ3n) is 4.80. The maximum atomic E-state index is 11.7. The fraction of sp³-hybridized carbons (Fsp3) is 0.909. The van der Waals surface area contributed by atoms with Crippen molar-refractivity contribution in [3.05, 3.63) is 0 Å². The van der Waals surface area contributed by atoms with Gasteiger partial charge in [0.1, 0.15) is 11.9 Å². The summed E-state index contributed by atoms with van der Waals surface area (Å²) in [6.45, 7) is 3.55. The quantitative estimate of drug-likeness (QED) is 0.232. The average molecular weight is 371 g/mol. The third kappa shape index (κ3) is 17.9. The van der Waals surface area contributed by atoms with Crippen molar-refractivity contribution in [2.45, 2.75) is 123 Å². The van der Waals surface area contributed by atoms with Crippen LogP contribution in [-0.2, 0) is 14.3 Å². The second-order valence-electron chi connectivity index (χ2n) is 7.53. The Bertz CT molecular complexity index is 341. The van der Waals surface area contributed by atoms with Crippen LogP contribution in [0.1, 0.15) is 117 Å². The molecule has 26 heavy (non-hydrogen) atoms. The van der Waals surface area contributed by atoms with E-state index < -0.39 is 6.10 Å². The number of unbranched alkanes of at least 4 members (excludes halogenated alkanes) is 12. The second-order valence-corrected chi connectivity index (χ2v) is 7.53. The molecule has 0 bridgehead atoms. The molecule has 1 N–H and O–H groups in total. The SMILES string of the molecule is CCCCCCCCCCCCCCCC(=O)O[C@H](CO)CCC(C)=O. The summed E-state index contributed by atoms with van der Waals surface area (Å²) in [7, 11) is 0. The topological polar surface area (TPSA) is 63.6 Å². The van der Waals surface area contributed by atoms with Crippen LogP contribution in [0.3, 0.4) is 0 Å². The predicted molar refractivity (Wildman–Crippen MR) is 107 cm³/mol. The molecule has 1 atom stereocenters. The zero-order valence-corrected chi connectivity index (χ0v) is 17.3. The van der Waals surface area contributed by atoms with Gasteiger partial charge in [0, 0.05) is 12.8 Å². The molecule has 0 aromatic carbocycles. The lowest BCUT2D eigenvalue weighted by Gasteiger charge is -2.14. The Labute approximate surface area is 161 Å². The van der Waals surface area contributed by atoms with E-state index in [4.69, 9.17) is 4.74 Å². The second kappa shape index (κ2) is 18.9. The van der Waals surface area contributed by atoms with Gasteiger partial charge in [-0.3, -0.25) is 4.79 Å². The van der Waals surface area contributed by atoms with Crippen molar-refractivity contribution >= 4 is 11.8 Å². The maximum absolute atomic E-state index is 11.7. The zero-order valence-electron chi connectivity index (χ0n) is 17.3. The molecule has 4 heteroatoms. The van der Waals surface area contributed by atoms with E-state index in [0.29, 0.717) is 19.3 Å². The average Bonchev–Trinajstić information content (AvgIpc) is 2.62. The smallest absolute Gasteiger partial charge is 0.306 e. The van der Waals surface area contributed by atoms with Crippen LogP contribution < -0.4 is 0 Å². The molecule has 154 valence electrons. The van der Waals surface area contributed by atoms with Crippen molar-refractivity contribution in [3.8, 4) is 0 Å². The van der Waals surface area contributed by atoms with Crippen LogP contribution >= 0.6 is 0 Å². The molecule has 0 aliphatic carbocycles. The van der Waals surface area contributed by atoms with Gasteiger partial charge in [-0.25, -0.2) is 0 Å². The fourth-order valence-corrected chi connectivity index (χ4v) is 3.08. The summed E-state index contributed by atoms with van der Waals surface area (Å²) in [5.74, 6) is -0.202. The number of Topliss-reactive ketones (excluding diaryl/α,β-unsaturated/α-hetero) is 1. The summed E-state index contributed by atoms with van der Waals surface area (Å²) in [4.78, 5) is 22.7. The highest BCUT2D eigenvalue weighted by Gasteiger charge is 2.13. The maximum Gasteiger partial charge on any atom is 0.306 e. The number of carbonyl (C=O) groups excluding carboxylic acids is 2. The lowest BCUT2D eigenvalue weighted by molar-refractivity contribution is -0.152. The number of aliphatic hydroxyl groups is 1. The van der Waals surface area contributed by atoms with E-state index in [9.17, 15) is 14.7 Å². The Balaban J connectivity index is 3.38. The normalized spacial score (nSPS) is 12.1. The van der Waals surface area contributed by atoms with Gasteiger partial charge in [-0.1, -0.05) is 84.0 Å². The first-order valence-corrected chi connectivity index (χ1v) is 10.9. The number of ether oxygens (including phenoxy) is 1. The highest BCUT2D eigenvalue weighted by atomic mass is 16.5. The Morgan fingerprint density at radius 3 is 1.65 bits per heavy atom. The predicted octanol–water partition coefficient (Wildman–Crippen LogP) is 5.74. The highest BCUT2D eigenvalue weighted by Crippen LogP contribution is 2.13. The number of aliphatic hydroxyl groups excluding tert-OH is 1. The zero-order chi connectivity index (χ0) is 19.5. The lowest BCUT2D eigenvalue weighted by atomic mass is 10.0. The number of carbonyl (C=O) groups is 2. The Kier molecular flexibility index (Phi) is 18.2. The minimum atomic E-state index is -0.534. The van der Waals surface area contributed by atoms with Crippen LogP contribution in [0.25, 0.3) is 0 Å². The van der Waals surface area contributed by atoms with Crippen molar-refractivity contribution in [2.24, 2.45) is 0 Å². The molecule has 0 saturated carbocycles. The molecule has 4 nitrogen and oxygen atoms in total. The van der Waals surface area contributed by atoms with Crippen molar-refractivity contribution < 1.29 is 19.4 Å². The molecule has 0 aromatic rings. The first-order valence-electron chi connectivity index (χ1n) is 10.9. The molecule has 0 amide bonds. The van der Waals surface area contributed by atoms with Crippen LogP contribution in [0.4, 0.5) is 0 Å². The molecule has 0 aliphatic heterocycles. The summed E-state index contributed by atoms with van der Waals surface area (Å²) in [5, 5.41) is 9.18. The molecular weight excluding hydrogens is 328 g/mol. The highest BCUT2D eigenvalue weighted by molar-refractivity contribution is 5.75. The van der Waals surface area contributed by atoms with Crippen molar-refractivity contribution in [3.63, 3.8) is 0 Å². The molecule has 0 rings (SSSR count). The molecule has 0 aromatic heterocycles. The van der Waals surface area contributed by atoms with Crippen molar-refractivity contribution in [1.29, 1.82) is 0 Å². The van der Waals surface area contributed by atoms with Gasteiger partial charge in [0.05, 0.1) is 6.61 Å². The van der Waals surface area contributed by atoms with Gasteiger partial charge >= 0.3 is 5.97 Å². The largest absolute Gasteiger partial charge is 0.460 e. The molecule has 0 spiro atoms. The molecule has 0 radical (unpaired) electrons. The first-order chi connectivity index (χ1) is 12.6. The van der Waals surface area contributed by atoms with E-state index in [1.54, 1.807) is 0 Å². The third-order valence-corrected chi connectivity index (χ3v) is 4.80. The van der Waals surface area contributed by atoms with E-state index in [1.165, 1.54) is 77.6 Å². The monoisotopic (exact) mass is 370 g/mol. The Hall–Kier alpha value is -0.900. The van der Waals surface area contributed by atoms with Gasteiger partial charge < -0.3 is 14.6 Å². The molecular formula is C22H42O4. The number of ketones is 1. The summed E-state index contributed by atoms with van der Waals surface area (Å²) in [6.07, 6.45) is 17.2. The number of rotatable bonds is 19. The molecule has 0 heterocycles.